The Morgan fingerprint density at radius 1 is 1.50 bits per heavy atom. The van der Waals surface area contributed by atoms with Gasteiger partial charge >= 0.3 is 5.97 Å². The van der Waals surface area contributed by atoms with Gasteiger partial charge in [0.1, 0.15) is 0 Å². The number of thioether (sulfide) groups is 1. The van der Waals surface area contributed by atoms with E-state index in [-0.39, 0.29) is 5.97 Å². The van der Waals surface area contributed by atoms with Gasteiger partial charge in [-0.15, -0.1) is 6.58 Å². The summed E-state index contributed by atoms with van der Waals surface area (Å²) in [5.41, 5.74) is 1.78. The van der Waals surface area contributed by atoms with Gasteiger partial charge in [0.05, 0.1) is 12.8 Å². The molecule has 1 aromatic carbocycles. The highest BCUT2D eigenvalue weighted by Crippen LogP contribution is 2.29. The number of carbonyl (C=O) groups is 1. The van der Waals surface area contributed by atoms with Gasteiger partial charge in [0.15, 0.2) is 5.17 Å². The van der Waals surface area contributed by atoms with E-state index in [1.807, 2.05) is 35.2 Å². The van der Waals surface area contributed by atoms with Crippen molar-refractivity contribution in [3.05, 3.63) is 54.8 Å². The molecule has 0 aliphatic carbocycles. The van der Waals surface area contributed by atoms with Crippen molar-refractivity contribution >= 4 is 28.6 Å². The third-order valence-corrected chi connectivity index (χ3v) is 3.71. The summed E-state index contributed by atoms with van der Waals surface area (Å²) in [5, 5.41) is 0.867. The molecule has 1 saturated heterocycles. The number of para-hydroxylation sites is 1. The number of rotatable bonds is 4. The number of amidine groups is 1. The molecule has 0 bridgehead atoms. The fourth-order valence-electron chi connectivity index (χ4n) is 1.76. The summed E-state index contributed by atoms with van der Waals surface area (Å²) in [6.45, 7) is 4.36. The van der Waals surface area contributed by atoms with Crippen molar-refractivity contribution in [2.75, 3.05) is 19.4 Å². The first kappa shape index (κ1) is 14.4. The van der Waals surface area contributed by atoms with Gasteiger partial charge in [-0.3, -0.25) is 0 Å². The second kappa shape index (κ2) is 6.96. The Morgan fingerprint density at radius 3 is 2.90 bits per heavy atom. The van der Waals surface area contributed by atoms with E-state index in [1.54, 1.807) is 17.8 Å². The lowest BCUT2D eigenvalue weighted by molar-refractivity contribution is -0.134. The van der Waals surface area contributed by atoms with Crippen LogP contribution in [0.25, 0.3) is 0 Å². The molecule has 4 nitrogen and oxygen atoms in total. The van der Waals surface area contributed by atoms with E-state index in [1.165, 1.54) is 13.2 Å². The third kappa shape index (κ3) is 3.51. The van der Waals surface area contributed by atoms with Crippen LogP contribution in [0.4, 0.5) is 5.69 Å². The Labute approximate surface area is 122 Å². The number of hydrogen-bond acceptors (Lipinski definition) is 4. The molecule has 0 atom stereocenters. The van der Waals surface area contributed by atoms with E-state index < -0.39 is 0 Å². The molecule has 5 heteroatoms. The molecule has 0 saturated carbocycles. The van der Waals surface area contributed by atoms with Gasteiger partial charge in [-0.25, -0.2) is 9.79 Å². The zero-order chi connectivity index (χ0) is 14.4. The maximum Gasteiger partial charge on any atom is 0.332 e. The molecule has 0 N–H and O–H groups in total. The highest BCUT2D eigenvalue weighted by atomic mass is 32.2. The van der Waals surface area contributed by atoms with Gasteiger partial charge in [0.2, 0.25) is 0 Å². The van der Waals surface area contributed by atoms with Crippen molar-refractivity contribution < 1.29 is 9.53 Å². The molecule has 2 rings (SSSR count). The summed E-state index contributed by atoms with van der Waals surface area (Å²) in [7, 11) is 1.37. The molecular weight excluding hydrogens is 272 g/mol. The molecule has 20 heavy (non-hydrogen) atoms. The zero-order valence-electron chi connectivity index (χ0n) is 11.3. The molecule has 1 aliphatic heterocycles. The van der Waals surface area contributed by atoms with E-state index in [9.17, 15) is 4.79 Å². The second-order valence-electron chi connectivity index (χ2n) is 4.08. The van der Waals surface area contributed by atoms with Crippen LogP contribution in [0.15, 0.2) is 59.8 Å². The Balaban J connectivity index is 2.26. The van der Waals surface area contributed by atoms with Crippen LogP contribution in [-0.2, 0) is 9.53 Å². The van der Waals surface area contributed by atoms with Crippen LogP contribution < -0.4 is 0 Å². The number of hydrogen-bond donors (Lipinski definition) is 0. The number of ether oxygens (including phenoxy) is 1. The zero-order valence-corrected chi connectivity index (χ0v) is 12.1. The van der Waals surface area contributed by atoms with Crippen LogP contribution >= 0.6 is 11.8 Å². The topological polar surface area (TPSA) is 41.9 Å². The Kier molecular flexibility index (Phi) is 5.01. The van der Waals surface area contributed by atoms with Crippen molar-refractivity contribution in [1.82, 2.24) is 4.90 Å². The number of benzene rings is 1. The van der Waals surface area contributed by atoms with Crippen LogP contribution in [0.3, 0.4) is 0 Å². The summed E-state index contributed by atoms with van der Waals surface area (Å²) in [6, 6.07) is 9.74. The highest BCUT2D eigenvalue weighted by molar-refractivity contribution is 8.14. The van der Waals surface area contributed by atoms with Crippen molar-refractivity contribution in [1.29, 1.82) is 0 Å². The summed E-state index contributed by atoms with van der Waals surface area (Å²) >= 11 is 1.60. The maximum atomic E-state index is 11.4. The van der Waals surface area contributed by atoms with Crippen molar-refractivity contribution in [3.63, 3.8) is 0 Å². The van der Waals surface area contributed by atoms with E-state index in [0.717, 1.165) is 16.6 Å². The predicted octanol–water partition coefficient (Wildman–Crippen LogP) is 2.97. The fourth-order valence-corrected chi connectivity index (χ4v) is 2.80. The van der Waals surface area contributed by atoms with Gasteiger partial charge in [-0.05, 0) is 12.1 Å². The molecule has 1 aromatic rings. The first-order valence-corrected chi connectivity index (χ1v) is 7.16. The minimum Gasteiger partial charge on any atom is -0.466 e. The predicted molar refractivity (Wildman–Crippen MR) is 83.0 cm³/mol. The third-order valence-electron chi connectivity index (χ3n) is 2.71. The van der Waals surface area contributed by atoms with E-state index in [2.05, 4.69) is 16.3 Å². The molecule has 1 aliphatic rings. The minimum atomic E-state index is -0.351. The highest BCUT2D eigenvalue weighted by Gasteiger charge is 2.24. The fraction of sp³-hybridized carbons (Fsp3) is 0.200. The standard InChI is InChI=1S/C15H16N2O2S/c1-3-9-17-13(10-14(18)19-2)11-20-15(17)16-12-7-5-4-6-8-12/h3-8,10H,1,9,11H2,2H3/b13-10-,16-15?. The van der Waals surface area contributed by atoms with Gasteiger partial charge in [-0.1, -0.05) is 36.0 Å². The SMILES string of the molecule is C=CCN1C(=Nc2ccccc2)SC/C1=C/C(=O)OC. The minimum absolute atomic E-state index is 0.351. The monoisotopic (exact) mass is 288 g/mol. The molecule has 0 aromatic heterocycles. The van der Waals surface area contributed by atoms with Crippen LogP contribution in [0.5, 0.6) is 0 Å². The van der Waals surface area contributed by atoms with E-state index in [4.69, 9.17) is 0 Å². The van der Waals surface area contributed by atoms with Gasteiger partial charge in [-0.2, -0.15) is 0 Å². The molecule has 104 valence electrons. The normalized spacial score (nSPS) is 18.6. The first-order chi connectivity index (χ1) is 9.74. The molecule has 0 radical (unpaired) electrons. The van der Waals surface area contributed by atoms with E-state index >= 15 is 0 Å². The summed E-state index contributed by atoms with van der Waals surface area (Å²) in [5.74, 6) is 0.352. The number of esters is 1. The molecule has 0 unspecified atom stereocenters. The summed E-state index contributed by atoms with van der Waals surface area (Å²) in [4.78, 5) is 18.0. The van der Waals surface area contributed by atoms with Crippen LogP contribution in [0, 0.1) is 0 Å². The average Bonchev–Trinajstić information content (AvgIpc) is 2.83. The van der Waals surface area contributed by atoms with Crippen molar-refractivity contribution in [3.8, 4) is 0 Å². The van der Waals surface area contributed by atoms with Gasteiger partial charge in [0, 0.05) is 24.1 Å². The first-order valence-electron chi connectivity index (χ1n) is 6.18. The Hall–Kier alpha value is -2.01. The summed E-state index contributed by atoms with van der Waals surface area (Å²) in [6.07, 6.45) is 3.29. The Morgan fingerprint density at radius 2 is 2.25 bits per heavy atom. The maximum absolute atomic E-state index is 11.4. The number of aliphatic imine (C=N–C) groups is 1. The number of carbonyl (C=O) groups excluding carboxylic acids is 1. The van der Waals surface area contributed by atoms with Crippen LogP contribution in [0.2, 0.25) is 0 Å². The largest absolute Gasteiger partial charge is 0.466 e. The quantitative estimate of drug-likeness (QED) is 0.485. The molecular formula is C15H16N2O2S. The smallest absolute Gasteiger partial charge is 0.332 e. The van der Waals surface area contributed by atoms with Gasteiger partial charge in [0.25, 0.3) is 0 Å². The summed E-state index contributed by atoms with van der Waals surface area (Å²) < 4.78 is 4.68. The van der Waals surface area contributed by atoms with Gasteiger partial charge < -0.3 is 9.64 Å². The molecule has 1 heterocycles. The average molecular weight is 288 g/mol. The van der Waals surface area contributed by atoms with Crippen molar-refractivity contribution in [2.45, 2.75) is 0 Å². The van der Waals surface area contributed by atoms with Crippen LogP contribution in [0.1, 0.15) is 0 Å². The number of nitrogens with zero attached hydrogens (tertiary/aromatic N) is 2. The Bertz CT molecular complexity index is 552. The number of methoxy groups -OCH3 is 1. The lowest BCUT2D eigenvalue weighted by atomic mass is 10.3. The van der Waals surface area contributed by atoms with Crippen LogP contribution in [-0.4, -0.2) is 35.4 Å². The van der Waals surface area contributed by atoms with Crippen molar-refractivity contribution in [2.24, 2.45) is 4.99 Å². The van der Waals surface area contributed by atoms with E-state index in [0.29, 0.717) is 12.3 Å². The molecule has 1 fully saturated rings. The second-order valence-corrected chi connectivity index (χ2v) is 5.02. The molecule has 0 amide bonds. The lowest BCUT2D eigenvalue weighted by Gasteiger charge is -2.17. The lowest BCUT2D eigenvalue weighted by Crippen LogP contribution is -2.23. The molecule has 0 spiro atoms.